The summed E-state index contributed by atoms with van der Waals surface area (Å²) in [6.07, 6.45) is 3.49. The zero-order valence-corrected chi connectivity index (χ0v) is 24.6. The van der Waals surface area contributed by atoms with Crippen LogP contribution in [0.25, 0.3) is 0 Å². The van der Waals surface area contributed by atoms with Crippen molar-refractivity contribution in [2.24, 2.45) is 23.2 Å². The van der Waals surface area contributed by atoms with Gasteiger partial charge in [-0.3, -0.25) is 49.4 Å². The first-order valence-corrected chi connectivity index (χ1v) is 14.1. The number of piperidine rings is 1. The summed E-state index contributed by atoms with van der Waals surface area (Å²) in [6.45, 7) is 11.9. The van der Waals surface area contributed by atoms with E-state index in [0.29, 0.717) is 45.2 Å². The van der Waals surface area contributed by atoms with Gasteiger partial charge in [0.2, 0.25) is 29.5 Å². The van der Waals surface area contributed by atoms with Gasteiger partial charge in [-0.05, 0) is 65.0 Å². The van der Waals surface area contributed by atoms with Crippen LogP contribution in [0.5, 0.6) is 0 Å². The molecule has 1 aliphatic carbocycles. The molecular weight excluding hydrogens is 502 g/mol. The van der Waals surface area contributed by atoms with E-state index in [1.54, 1.807) is 0 Å². The summed E-state index contributed by atoms with van der Waals surface area (Å²) in [5.41, 5.74) is 4.37. The summed E-state index contributed by atoms with van der Waals surface area (Å²) in [5.74, 6) is -1.18. The topological polar surface area (TPSA) is 145 Å². The monoisotopic (exact) mass is 549 g/mol. The molecule has 3 unspecified atom stereocenters. The number of Topliss-reactive ketones (excluding diaryl/α,β-unsaturated/α-hetero) is 1. The lowest BCUT2D eigenvalue weighted by atomic mass is 9.97. The van der Waals surface area contributed by atoms with Gasteiger partial charge in [-0.1, -0.05) is 34.1 Å². The van der Waals surface area contributed by atoms with Crippen molar-refractivity contribution in [3.05, 3.63) is 0 Å². The first-order chi connectivity index (χ1) is 18.2. The lowest BCUT2D eigenvalue weighted by molar-refractivity contribution is -0.142. The second kappa shape index (κ2) is 14.0. The van der Waals surface area contributed by atoms with Crippen LogP contribution in [0.15, 0.2) is 0 Å². The minimum Gasteiger partial charge on any atom is -0.345 e. The van der Waals surface area contributed by atoms with Crippen LogP contribution in [0.1, 0.15) is 86.5 Å². The van der Waals surface area contributed by atoms with E-state index in [4.69, 9.17) is 0 Å². The van der Waals surface area contributed by atoms with E-state index in [9.17, 15) is 28.8 Å². The van der Waals surface area contributed by atoms with Gasteiger partial charge in [-0.2, -0.15) is 0 Å². The Kier molecular flexibility index (Phi) is 11.6. The summed E-state index contributed by atoms with van der Waals surface area (Å²) in [4.78, 5) is 76.7. The molecule has 11 nitrogen and oxygen atoms in total. The predicted molar refractivity (Wildman–Crippen MR) is 146 cm³/mol. The molecule has 0 aromatic rings. The highest BCUT2D eigenvalue weighted by Gasteiger charge is 2.68. The highest BCUT2D eigenvalue weighted by atomic mass is 16.2. The highest BCUT2D eigenvalue weighted by molar-refractivity contribution is 6.11. The molecule has 0 aromatic carbocycles. The summed E-state index contributed by atoms with van der Waals surface area (Å²) >= 11 is 0. The van der Waals surface area contributed by atoms with Crippen molar-refractivity contribution >= 4 is 35.3 Å². The summed E-state index contributed by atoms with van der Waals surface area (Å²) in [7, 11) is 1.82. The molecule has 2 fully saturated rings. The lowest BCUT2D eigenvalue weighted by Gasteiger charge is -2.32. The Balaban J connectivity index is 1.61. The van der Waals surface area contributed by atoms with Crippen molar-refractivity contribution in [2.45, 2.75) is 98.6 Å². The van der Waals surface area contributed by atoms with Crippen LogP contribution in [0.4, 0.5) is 0 Å². The molecule has 5 amide bonds. The third-order valence-electron chi connectivity index (χ3n) is 7.85. The first-order valence-electron chi connectivity index (χ1n) is 14.1. The molecule has 4 atom stereocenters. The van der Waals surface area contributed by atoms with E-state index < -0.39 is 17.5 Å². The van der Waals surface area contributed by atoms with Gasteiger partial charge in [-0.15, -0.1) is 0 Å². The molecule has 3 N–H and O–H groups in total. The molecule has 0 spiro atoms. The zero-order valence-electron chi connectivity index (χ0n) is 24.6. The fourth-order valence-electron chi connectivity index (χ4n) is 5.38. The molecule has 0 bridgehead atoms. The van der Waals surface area contributed by atoms with Gasteiger partial charge in [-0.25, -0.2) is 0 Å². The minimum absolute atomic E-state index is 0.00751. The van der Waals surface area contributed by atoms with Crippen LogP contribution in [0.3, 0.4) is 0 Å². The highest BCUT2D eigenvalue weighted by Crippen LogP contribution is 2.58. The smallest absolute Gasteiger partial charge is 0.238 e. The van der Waals surface area contributed by atoms with E-state index in [1.165, 1.54) is 11.8 Å². The SMILES string of the molecule is CC(=O)[C@@H](NC(=O)C(C(C)C)N(C)CCCC(=O)NNC(=O)CCCCCN1C(=O)C2CC2(C)C1=O)C(C)C. The maximum absolute atomic E-state index is 12.9. The number of rotatable bonds is 16. The summed E-state index contributed by atoms with van der Waals surface area (Å²) in [5, 5.41) is 2.87. The maximum Gasteiger partial charge on any atom is 0.238 e. The fraction of sp³-hybridized carbons (Fsp3) is 0.786. The van der Waals surface area contributed by atoms with Crippen molar-refractivity contribution in [1.29, 1.82) is 0 Å². The van der Waals surface area contributed by atoms with Crippen molar-refractivity contribution in [1.82, 2.24) is 26.0 Å². The van der Waals surface area contributed by atoms with Gasteiger partial charge < -0.3 is 5.32 Å². The molecule has 1 heterocycles. The van der Waals surface area contributed by atoms with E-state index in [2.05, 4.69) is 16.2 Å². The number of nitrogens with one attached hydrogen (secondary N) is 3. The summed E-state index contributed by atoms with van der Waals surface area (Å²) < 4.78 is 0. The number of unbranched alkanes of at least 4 members (excludes halogenated alkanes) is 2. The van der Waals surface area contributed by atoms with Crippen LogP contribution in [0, 0.1) is 23.2 Å². The average molecular weight is 550 g/mol. The molecule has 2 aliphatic rings. The van der Waals surface area contributed by atoms with E-state index >= 15 is 0 Å². The molecule has 1 saturated heterocycles. The Morgan fingerprint density at radius 1 is 0.949 bits per heavy atom. The number of imide groups is 1. The van der Waals surface area contributed by atoms with Crippen molar-refractivity contribution in [2.75, 3.05) is 20.1 Å². The van der Waals surface area contributed by atoms with Gasteiger partial charge in [0, 0.05) is 19.4 Å². The van der Waals surface area contributed by atoms with Gasteiger partial charge in [0.05, 0.1) is 23.4 Å². The normalized spacial score (nSPS) is 21.7. The van der Waals surface area contributed by atoms with E-state index in [-0.39, 0.29) is 65.9 Å². The zero-order chi connectivity index (χ0) is 29.5. The number of hydrazine groups is 1. The van der Waals surface area contributed by atoms with Gasteiger partial charge in [0.15, 0.2) is 5.78 Å². The summed E-state index contributed by atoms with van der Waals surface area (Å²) in [6, 6.07) is -0.974. The number of amides is 5. The van der Waals surface area contributed by atoms with Crippen LogP contribution < -0.4 is 16.2 Å². The minimum atomic E-state index is -0.533. The number of likely N-dealkylation sites (tertiary alicyclic amines) is 1. The Morgan fingerprint density at radius 3 is 2.03 bits per heavy atom. The standard InChI is InChI=1S/C28H47N5O6/c1-17(2)23(19(5)34)29-25(37)24(18(3)4)32(7)14-11-13-22(36)31-30-21(35)12-9-8-10-15-33-26(38)20-16-28(20,6)27(33)39/h17-18,20,23-24H,8-16H2,1-7H3,(H,29,37)(H,30,35)(H,31,36)/t20?,23-,24?,28?/m0/s1. The predicted octanol–water partition coefficient (Wildman–Crippen LogP) is 1.56. The molecule has 11 heteroatoms. The number of carbonyl (C=O) groups excluding carboxylic acids is 6. The third-order valence-corrected chi connectivity index (χ3v) is 7.85. The molecule has 1 saturated carbocycles. The van der Waals surface area contributed by atoms with Crippen LogP contribution in [0.2, 0.25) is 0 Å². The molecule has 220 valence electrons. The second-order valence-electron chi connectivity index (χ2n) is 12.0. The maximum atomic E-state index is 12.9. The number of hydrogen-bond donors (Lipinski definition) is 3. The Labute approximate surface area is 232 Å². The largest absolute Gasteiger partial charge is 0.345 e. The van der Waals surface area contributed by atoms with E-state index in [1.807, 2.05) is 46.6 Å². The molecule has 0 aromatic heterocycles. The van der Waals surface area contributed by atoms with Crippen molar-refractivity contribution in [3.8, 4) is 0 Å². The van der Waals surface area contributed by atoms with Gasteiger partial charge >= 0.3 is 0 Å². The average Bonchev–Trinajstić information content (AvgIpc) is 3.50. The quantitative estimate of drug-likeness (QED) is 0.150. The fourth-order valence-corrected chi connectivity index (χ4v) is 5.38. The van der Waals surface area contributed by atoms with Gasteiger partial charge in [0.25, 0.3) is 0 Å². The van der Waals surface area contributed by atoms with Crippen LogP contribution in [-0.2, 0) is 28.8 Å². The van der Waals surface area contributed by atoms with Crippen LogP contribution in [-0.4, -0.2) is 77.3 Å². The molecular formula is C28H47N5O6. The number of ketones is 1. The molecule has 39 heavy (non-hydrogen) atoms. The lowest BCUT2D eigenvalue weighted by Crippen LogP contribution is -2.54. The number of nitrogens with zero attached hydrogens (tertiary/aromatic N) is 2. The number of carbonyl (C=O) groups is 6. The van der Waals surface area contributed by atoms with E-state index in [0.717, 1.165) is 0 Å². The molecule has 2 rings (SSSR count). The Hall–Kier alpha value is -2.82. The van der Waals surface area contributed by atoms with Crippen molar-refractivity contribution in [3.63, 3.8) is 0 Å². The molecule has 1 aliphatic heterocycles. The number of hydrogen-bond acceptors (Lipinski definition) is 7. The van der Waals surface area contributed by atoms with Crippen LogP contribution >= 0.6 is 0 Å². The van der Waals surface area contributed by atoms with Crippen molar-refractivity contribution < 1.29 is 28.8 Å². The Bertz CT molecular complexity index is 951. The molecule has 0 radical (unpaired) electrons. The second-order valence-corrected chi connectivity index (χ2v) is 12.0. The van der Waals surface area contributed by atoms with Gasteiger partial charge in [0.1, 0.15) is 0 Å². The first kappa shape index (κ1) is 32.4. The number of fused-ring (bicyclic) bond motifs is 1. The third kappa shape index (κ3) is 8.58. The Morgan fingerprint density at radius 2 is 1.54 bits per heavy atom. The number of likely N-dealkylation sites (N-methyl/N-ethyl adjacent to an activating group) is 1.